The molecule has 0 spiro atoms. The van der Waals surface area contributed by atoms with Gasteiger partial charge in [0.15, 0.2) is 0 Å². The number of nitrogens with zero attached hydrogens (tertiary/aromatic N) is 1. The van der Waals surface area contributed by atoms with Crippen LogP contribution in [-0.2, 0) is 13.1 Å². The molecule has 1 heterocycles. The molecule has 1 aliphatic heterocycles. The zero-order chi connectivity index (χ0) is 16.4. The van der Waals surface area contributed by atoms with Crippen molar-refractivity contribution in [2.75, 3.05) is 0 Å². The minimum atomic E-state index is 0.449. The molecule has 3 aromatic carbocycles. The summed E-state index contributed by atoms with van der Waals surface area (Å²) in [4.78, 5) is 2.62. The second-order valence-electron chi connectivity index (χ2n) is 6.55. The van der Waals surface area contributed by atoms with Gasteiger partial charge in [-0.2, -0.15) is 0 Å². The summed E-state index contributed by atoms with van der Waals surface area (Å²) in [6.45, 7) is 4.29. The Morgan fingerprint density at radius 2 is 1.21 bits per heavy atom. The van der Waals surface area contributed by atoms with E-state index in [4.69, 9.17) is 0 Å². The first-order chi connectivity index (χ1) is 11.9. The summed E-state index contributed by atoms with van der Waals surface area (Å²) >= 11 is 0. The van der Waals surface area contributed by atoms with Crippen LogP contribution < -0.4 is 0 Å². The molecule has 1 atom stereocenters. The van der Waals surface area contributed by atoms with Gasteiger partial charge in [-0.3, -0.25) is 4.90 Å². The maximum absolute atomic E-state index is 2.62. The predicted octanol–water partition coefficient (Wildman–Crippen LogP) is 5.82. The molecule has 0 aliphatic carbocycles. The molecule has 4 rings (SSSR count). The van der Waals surface area contributed by atoms with Crippen LogP contribution >= 0.6 is 0 Å². The number of hydrogen-bond acceptors (Lipinski definition) is 1. The van der Waals surface area contributed by atoms with Crippen molar-refractivity contribution in [1.29, 1.82) is 0 Å². The molecule has 3 aromatic rings. The third-order valence-corrected chi connectivity index (χ3v) is 5.08. The fraction of sp³-hybridized carbons (Fsp3) is 0.217. The average molecular weight is 313 g/mol. The predicted molar refractivity (Wildman–Crippen MR) is 101 cm³/mol. The molecular formula is C23H23N. The number of fused-ring (bicyclic) bond motifs is 3. The van der Waals surface area contributed by atoms with Gasteiger partial charge in [0.1, 0.15) is 0 Å². The minimum Gasteiger partial charge on any atom is -0.288 e. The third kappa shape index (κ3) is 2.76. The maximum atomic E-state index is 2.62. The van der Waals surface area contributed by atoms with Crippen LogP contribution in [0, 0.1) is 0 Å². The molecule has 0 saturated carbocycles. The van der Waals surface area contributed by atoms with Crippen LogP contribution in [0.2, 0.25) is 0 Å². The van der Waals surface area contributed by atoms with Crippen molar-refractivity contribution in [3.8, 4) is 11.1 Å². The average Bonchev–Trinajstić information content (AvgIpc) is 2.80. The van der Waals surface area contributed by atoms with Crippen LogP contribution in [0.25, 0.3) is 11.1 Å². The lowest BCUT2D eigenvalue weighted by Crippen LogP contribution is -2.27. The van der Waals surface area contributed by atoms with Crippen LogP contribution in [0.5, 0.6) is 0 Å². The molecule has 0 saturated heterocycles. The van der Waals surface area contributed by atoms with Crippen molar-refractivity contribution >= 4 is 0 Å². The van der Waals surface area contributed by atoms with Crippen LogP contribution in [0.3, 0.4) is 0 Å². The topological polar surface area (TPSA) is 3.24 Å². The lowest BCUT2D eigenvalue weighted by molar-refractivity contribution is 0.176. The third-order valence-electron chi connectivity index (χ3n) is 5.08. The zero-order valence-electron chi connectivity index (χ0n) is 14.2. The Morgan fingerprint density at radius 3 is 1.75 bits per heavy atom. The van der Waals surface area contributed by atoms with E-state index in [-0.39, 0.29) is 0 Å². The Morgan fingerprint density at radius 1 is 0.708 bits per heavy atom. The van der Waals surface area contributed by atoms with E-state index in [0.29, 0.717) is 6.04 Å². The van der Waals surface area contributed by atoms with Gasteiger partial charge in [0.05, 0.1) is 0 Å². The second kappa shape index (κ2) is 6.62. The van der Waals surface area contributed by atoms with Crippen LogP contribution in [0.4, 0.5) is 0 Å². The lowest BCUT2D eigenvalue weighted by atomic mass is 9.97. The molecule has 0 unspecified atom stereocenters. The first-order valence-corrected chi connectivity index (χ1v) is 8.82. The van der Waals surface area contributed by atoms with Crippen molar-refractivity contribution in [2.24, 2.45) is 0 Å². The molecule has 0 N–H and O–H groups in total. The van der Waals surface area contributed by atoms with E-state index >= 15 is 0 Å². The van der Waals surface area contributed by atoms with Gasteiger partial charge in [-0.05, 0) is 34.2 Å². The minimum absolute atomic E-state index is 0.449. The second-order valence-corrected chi connectivity index (χ2v) is 6.55. The fourth-order valence-electron chi connectivity index (χ4n) is 3.94. The van der Waals surface area contributed by atoms with Gasteiger partial charge in [0.2, 0.25) is 0 Å². The molecule has 0 radical (unpaired) electrons. The number of rotatable bonds is 3. The van der Waals surface area contributed by atoms with Crippen LogP contribution in [0.15, 0.2) is 78.9 Å². The Labute approximate surface area is 144 Å². The molecule has 1 aliphatic rings. The smallest absolute Gasteiger partial charge is 0.0352 e. The Hall–Kier alpha value is -2.38. The number of benzene rings is 3. The van der Waals surface area contributed by atoms with Crippen LogP contribution in [0.1, 0.15) is 36.1 Å². The van der Waals surface area contributed by atoms with Crippen molar-refractivity contribution in [3.63, 3.8) is 0 Å². The Balaban J connectivity index is 1.80. The highest BCUT2D eigenvalue weighted by Gasteiger charge is 2.24. The molecule has 0 aromatic heterocycles. The molecule has 1 nitrogen and oxygen atoms in total. The van der Waals surface area contributed by atoms with Crippen molar-refractivity contribution in [1.82, 2.24) is 4.90 Å². The van der Waals surface area contributed by atoms with Gasteiger partial charge in [-0.15, -0.1) is 0 Å². The molecule has 24 heavy (non-hydrogen) atoms. The van der Waals surface area contributed by atoms with Crippen LogP contribution in [-0.4, -0.2) is 4.90 Å². The monoisotopic (exact) mass is 313 g/mol. The maximum Gasteiger partial charge on any atom is 0.0352 e. The number of hydrogen-bond donors (Lipinski definition) is 0. The highest BCUT2D eigenvalue weighted by molar-refractivity contribution is 5.71. The van der Waals surface area contributed by atoms with E-state index in [2.05, 4.69) is 90.7 Å². The fourth-order valence-corrected chi connectivity index (χ4v) is 3.94. The first-order valence-electron chi connectivity index (χ1n) is 8.82. The van der Waals surface area contributed by atoms with Gasteiger partial charge in [-0.1, -0.05) is 85.8 Å². The summed E-state index contributed by atoms with van der Waals surface area (Å²) in [7, 11) is 0. The van der Waals surface area contributed by atoms with Crippen molar-refractivity contribution in [2.45, 2.75) is 32.5 Å². The van der Waals surface area contributed by atoms with Gasteiger partial charge in [0, 0.05) is 19.1 Å². The summed E-state index contributed by atoms with van der Waals surface area (Å²) in [6, 6.07) is 29.1. The van der Waals surface area contributed by atoms with E-state index in [1.54, 1.807) is 0 Å². The summed E-state index contributed by atoms with van der Waals surface area (Å²) in [5.41, 5.74) is 7.04. The summed E-state index contributed by atoms with van der Waals surface area (Å²) < 4.78 is 0. The van der Waals surface area contributed by atoms with E-state index in [9.17, 15) is 0 Å². The molecular weight excluding hydrogens is 290 g/mol. The SMILES string of the molecule is CC[C@@H](c1ccccc1)N1Cc2ccccc2-c2ccccc2C1. The van der Waals surface area contributed by atoms with Crippen molar-refractivity contribution < 1.29 is 0 Å². The van der Waals surface area contributed by atoms with E-state index in [0.717, 1.165) is 19.5 Å². The zero-order valence-corrected chi connectivity index (χ0v) is 14.2. The first kappa shape index (κ1) is 15.2. The van der Waals surface area contributed by atoms with Gasteiger partial charge >= 0.3 is 0 Å². The largest absolute Gasteiger partial charge is 0.288 e. The molecule has 0 amide bonds. The van der Waals surface area contributed by atoms with Gasteiger partial charge in [0.25, 0.3) is 0 Å². The normalized spacial score (nSPS) is 15.2. The van der Waals surface area contributed by atoms with Gasteiger partial charge in [-0.25, -0.2) is 0 Å². The van der Waals surface area contributed by atoms with Gasteiger partial charge < -0.3 is 0 Å². The van der Waals surface area contributed by atoms with Crippen molar-refractivity contribution in [3.05, 3.63) is 95.6 Å². The summed E-state index contributed by atoms with van der Waals surface area (Å²) in [5.74, 6) is 0. The lowest BCUT2D eigenvalue weighted by Gasteiger charge is -2.31. The highest BCUT2D eigenvalue weighted by atomic mass is 15.2. The molecule has 1 heteroatoms. The summed E-state index contributed by atoms with van der Waals surface area (Å²) in [5, 5.41) is 0. The van der Waals surface area contributed by atoms with E-state index < -0.39 is 0 Å². The Kier molecular flexibility index (Phi) is 4.18. The molecule has 0 bridgehead atoms. The molecule has 120 valence electrons. The standard InChI is InChI=1S/C23H23N/c1-2-23(18-10-4-3-5-11-18)24-16-19-12-6-8-14-21(19)22-15-9-7-13-20(22)17-24/h3-15,23H,2,16-17H2,1H3/t23-/m0/s1. The summed E-state index contributed by atoms with van der Waals surface area (Å²) in [6.07, 6.45) is 1.12. The quantitative estimate of drug-likeness (QED) is 0.589. The van der Waals surface area contributed by atoms with E-state index in [1.807, 2.05) is 0 Å². The molecule has 0 fully saturated rings. The van der Waals surface area contributed by atoms with E-state index in [1.165, 1.54) is 27.8 Å². The Bertz CT molecular complexity index is 775. The highest BCUT2D eigenvalue weighted by Crippen LogP contribution is 2.36.